The Bertz CT molecular complexity index is 1330. The quantitative estimate of drug-likeness (QED) is 0.403. The number of aliphatic imine (C=N–C) groups is 1. The first-order valence-corrected chi connectivity index (χ1v) is 12.5. The van der Waals surface area contributed by atoms with Gasteiger partial charge in [0.15, 0.2) is 0 Å². The van der Waals surface area contributed by atoms with Crippen LogP contribution in [0.5, 0.6) is 0 Å². The second-order valence-corrected chi connectivity index (χ2v) is 9.43. The van der Waals surface area contributed by atoms with E-state index in [0.717, 1.165) is 55.4 Å². The fraction of sp³-hybridized carbons (Fsp3) is 0.310. The molecule has 0 aliphatic carbocycles. The van der Waals surface area contributed by atoms with Crippen molar-refractivity contribution in [2.24, 2.45) is 4.99 Å². The van der Waals surface area contributed by atoms with Crippen LogP contribution in [0.2, 0.25) is 0 Å². The maximum Gasteiger partial charge on any atom is 0.0848 e. The predicted molar refractivity (Wildman–Crippen MR) is 141 cm³/mol. The number of nitrogens with one attached hydrogen (secondary N) is 1. The minimum atomic E-state index is 0.828. The summed E-state index contributed by atoms with van der Waals surface area (Å²) in [5.74, 6) is 0. The topological polar surface area (TPSA) is 47.5 Å². The summed E-state index contributed by atoms with van der Waals surface area (Å²) in [6.45, 7) is 8.04. The van der Waals surface area contributed by atoms with Crippen LogP contribution in [-0.4, -0.2) is 53.3 Å². The van der Waals surface area contributed by atoms with Gasteiger partial charge in [0.05, 0.1) is 17.1 Å². The van der Waals surface area contributed by atoms with E-state index in [4.69, 9.17) is 4.99 Å². The molecule has 2 aliphatic heterocycles. The number of pyridine rings is 1. The highest BCUT2D eigenvalue weighted by molar-refractivity contribution is 6.05. The molecule has 4 aromatic rings. The van der Waals surface area contributed by atoms with Crippen LogP contribution in [0.1, 0.15) is 31.0 Å². The molecule has 5 nitrogen and oxygen atoms in total. The molecule has 0 atom stereocenters. The summed E-state index contributed by atoms with van der Waals surface area (Å²) in [4.78, 5) is 18.1. The van der Waals surface area contributed by atoms with Crippen molar-refractivity contribution >= 4 is 28.0 Å². The molecule has 0 unspecified atom stereocenters. The van der Waals surface area contributed by atoms with Crippen LogP contribution in [0, 0.1) is 0 Å². The summed E-state index contributed by atoms with van der Waals surface area (Å²) in [5, 5.41) is 1.27. The molecule has 2 aromatic carbocycles. The normalized spacial score (nSPS) is 16.1. The lowest BCUT2D eigenvalue weighted by Gasteiger charge is -2.36. The highest BCUT2D eigenvalue weighted by atomic mass is 15.3. The Labute approximate surface area is 201 Å². The lowest BCUT2D eigenvalue weighted by molar-refractivity contribution is 0.254. The molecule has 2 aromatic heterocycles. The minimum Gasteiger partial charge on any atom is -0.369 e. The maximum absolute atomic E-state index is 4.82. The molecule has 0 saturated carbocycles. The van der Waals surface area contributed by atoms with Gasteiger partial charge in [-0.3, -0.25) is 14.9 Å². The van der Waals surface area contributed by atoms with Crippen LogP contribution >= 0.6 is 0 Å². The number of aromatic nitrogens is 2. The molecule has 34 heavy (non-hydrogen) atoms. The summed E-state index contributed by atoms with van der Waals surface area (Å²) in [7, 11) is 0. The van der Waals surface area contributed by atoms with Gasteiger partial charge in [0.25, 0.3) is 0 Å². The molecule has 6 rings (SSSR count). The van der Waals surface area contributed by atoms with Crippen molar-refractivity contribution in [2.45, 2.75) is 26.2 Å². The van der Waals surface area contributed by atoms with Crippen LogP contribution in [0.4, 0.5) is 11.4 Å². The molecule has 1 fully saturated rings. The van der Waals surface area contributed by atoms with Crippen LogP contribution in [0.3, 0.4) is 0 Å². The van der Waals surface area contributed by atoms with Crippen molar-refractivity contribution in [1.29, 1.82) is 0 Å². The second kappa shape index (κ2) is 9.07. The minimum absolute atomic E-state index is 0.828. The molecule has 5 heteroatoms. The number of aromatic amines is 1. The van der Waals surface area contributed by atoms with E-state index in [9.17, 15) is 0 Å². The zero-order chi connectivity index (χ0) is 22.9. The van der Waals surface area contributed by atoms with Gasteiger partial charge in [-0.1, -0.05) is 25.5 Å². The molecule has 0 radical (unpaired) electrons. The van der Waals surface area contributed by atoms with Crippen molar-refractivity contribution in [3.63, 3.8) is 0 Å². The zero-order valence-electron chi connectivity index (χ0n) is 19.8. The summed E-state index contributed by atoms with van der Waals surface area (Å²) >= 11 is 0. The lowest BCUT2D eigenvalue weighted by Crippen LogP contribution is -2.46. The predicted octanol–water partition coefficient (Wildman–Crippen LogP) is 5.83. The Morgan fingerprint density at radius 3 is 2.68 bits per heavy atom. The fourth-order valence-corrected chi connectivity index (χ4v) is 5.13. The van der Waals surface area contributed by atoms with Crippen molar-refractivity contribution in [3.8, 4) is 11.3 Å². The second-order valence-electron chi connectivity index (χ2n) is 9.43. The van der Waals surface area contributed by atoms with Gasteiger partial charge in [-0.2, -0.15) is 0 Å². The summed E-state index contributed by atoms with van der Waals surface area (Å²) in [6, 6.07) is 21.7. The van der Waals surface area contributed by atoms with Crippen molar-refractivity contribution in [2.75, 3.05) is 37.6 Å². The van der Waals surface area contributed by atoms with Crippen molar-refractivity contribution in [3.05, 3.63) is 78.1 Å². The number of rotatable bonds is 6. The third-order valence-electron chi connectivity index (χ3n) is 7.13. The van der Waals surface area contributed by atoms with Gasteiger partial charge in [-0.15, -0.1) is 0 Å². The molecular weight excluding hydrogens is 418 g/mol. The molecule has 0 spiro atoms. The van der Waals surface area contributed by atoms with E-state index in [1.165, 1.54) is 47.1 Å². The Balaban J connectivity index is 1.19. The first kappa shape index (κ1) is 21.1. The zero-order valence-corrected chi connectivity index (χ0v) is 19.8. The summed E-state index contributed by atoms with van der Waals surface area (Å²) in [5.41, 5.74) is 9.21. The van der Waals surface area contributed by atoms with Gasteiger partial charge in [0.2, 0.25) is 0 Å². The van der Waals surface area contributed by atoms with Crippen LogP contribution in [-0.2, 0) is 6.42 Å². The van der Waals surface area contributed by atoms with E-state index < -0.39 is 0 Å². The van der Waals surface area contributed by atoms with E-state index in [-0.39, 0.29) is 0 Å². The molecule has 0 bridgehead atoms. The largest absolute Gasteiger partial charge is 0.369 e. The van der Waals surface area contributed by atoms with Gasteiger partial charge < -0.3 is 9.88 Å². The highest BCUT2D eigenvalue weighted by Gasteiger charge is 2.19. The van der Waals surface area contributed by atoms with Crippen LogP contribution < -0.4 is 4.90 Å². The van der Waals surface area contributed by atoms with Crippen molar-refractivity contribution < 1.29 is 0 Å². The Hall–Kier alpha value is -3.44. The number of hydrogen-bond acceptors (Lipinski definition) is 4. The van der Waals surface area contributed by atoms with Gasteiger partial charge in [-0.25, -0.2) is 0 Å². The molecule has 4 heterocycles. The van der Waals surface area contributed by atoms with Gasteiger partial charge in [-0.05, 0) is 72.6 Å². The number of hydrogen-bond donors (Lipinski definition) is 1. The molecule has 1 saturated heterocycles. The van der Waals surface area contributed by atoms with Gasteiger partial charge >= 0.3 is 0 Å². The smallest absolute Gasteiger partial charge is 0.0848 e. The molecule has 2 aliphatic rings. The monoisotopic (exact) mass is 449 g/mol. The lowest BCUT2D eigenvalue weighted by atomic mass is 10.0. The molecular formula is C29H31N5. The SMILES string of the molecule is CCCCN1CCN(c2ccc3[nH]c(-c4ccc5c(c4)CC(c4ccccn4)=N5)cc3c2)CC1. The molecule has 0 amide bonds. The van der Waals surface area contributed by atoms with E-state index in [0.29, 0.717) is 0 Å². The van der Waals surface area contributed by atoms with E-state index in [2.05, 4.69) is 69.2 Å². The number of unbranched alkanes of at least 4 members (excludes halogenated alkanes) is 1. The van der Waals surface area contributed by atoms with E-state index in [1.807, 2.05) is 24.4 Å². The average Bonchev–Trinajstić information content (AvgIpc) is 3.51. The van der Waals surface area contributed by atoms with Crippen LogP contribution in [0.25, 0.3) is 22.2 Å². The summed E-state index contributed by atoms with van der Waals surface area (Å²) < 4.78 is 0. The van der Waals surface area contributed by atoms with E-state index >= 15 is 0 Å². The number of nitrogens with zero attached hydrogens (tertiary/aromatic N) is 4. The standard InChI is InChI=1S/C29H31N5/c1-2-3-12-33-13-15-34(16-14-33)24-8-10-26-23(18-24)19-28(31-26)21-7-9-25-22(17-21)20-29(32-25)27-6-4-5-11-30-27/h4-11,17-19,31H,2-3,12-16,20H2,1H3. The van der Waals surface area contributed by atoms with Gasteiger partial charge in [0.1, 0.15) is 0 Å². The number of H-pyrrole nitrogens is 1. The van der Waals surface area contributed by atoms with Gasteiger partial charge in [0, 0.05) is 61.1 Å². The third kappa shape index (κ3) is 4.12. The average molecular weight is 450 g/mol. The number of benzene rings is 2. The summed E-state index contributed by atoms with van der Waals surface area (Å²) in [6.07, 6.45) is 5.23. The Morgan fingerprint density at radius 2 is 1.85 bits per heavy atom. The van der Waals surface area contributed by atoms with Crippen LogP contribution in [0.15, 0.2) is 71.9 Å². The van der Waals surface area contributed by atoms with Crippen molar-refractivity contribution in [1.82, 2.24) is 14.9 Å². The Kier molecular flexibility index (Phi) is 5.63. The Morgan fingerprint density at radius 1 is 0.941 bits per heavy atom. The highest BCUT2D eigenvalue weighted by Crippen LogP contribution is 2.34. The fourth-order valence-electron chi connectivity index (χ4n) is 5.13. The molecule has 1 N–H and O–H groups in total. The number of fused-ring (bicyclic) bond motifs is 2. The van der Waals surface area contributed by atoms with E-state index in [1.54, 1.807) is 0 Å². The maximum atomic E-state index is 4.82. The number of anilines is 1. The third-order valence-corrected chi connectivity index (χ3v) is 7.13. The first-order valence-electron chi connectivity index (χ1n) is 12.5. The first-order chi connectivity index (χ1) is 16.8. The molecule has 172 valence electrons. The number of piperazine rings is 1.